The average Bonchev–Trinajstić information content (AvgIpc) is 2.02. The lowest BCUT2D eigenvalue weighted by Gasteiger charge is -2.19. The summed E-state index contributed by atoms with van der Waals surface area (Å²) in [7, 11) is 0. The van der Waals surface area contributed by atoms with Gasteiger partial charge in [0.2, 0.25) is 5.83 Å². The molecule has 0 aromatic heterocycles. The van der Waals surface area contributed by atoms with Gasteiger partial charge in [0.25, 0.3) is 0 Å². The van der Waals surface area contributed by atoms with Gasteiger partial charge in [-0.2, -0.15) is 30.7 Å². The van der Waals surface area contributed by atoms with Crippen molar-refractivity contribution in [1.29, 1.82) is 0 Å². The van der Waals surface area contributed by atoms with Gasteiger partial charge in [-0.05, 0) is 0 Å². The fourth-order valence-corrected chi connectivity index (χ4v) is 0.394. The van der Waals surface area contributed by atoms with E-state index in [9.17, 15) is 35.1 Å². The molecule has 0 unspecified atom stereocenters. The highest BCUT2D eigenvalue weighted by atomic mass is 19.3. The molecule has 0 nitrogen and oxygen atoms in total. The van der Waals surface area contributed by atoms with Crippen molar-refractivity contribution in [2.75, 3.05) is 0 Å². The van der Waals surface area contributed by atoms with Crippen LogP contribution in [0.3, 0.4) is 0 Å². The quantitative estimate of drug-likeness (QED) is 0.498. The molecule has 0 rings (SSSR count). The summed E-state index contributed by atoms with van der Waals surface area (Å²) < 4.78 is 93.6. The molecule has 14 heavy (non-hydrogen) atoms. The van der Waals surface area contributed by atoms with Crippen molar-refractivity contribution >= 4 is 0 Å². The first-order valence-electron chi connectivity index (χ1n) is 2.76. The maximum absolute atomic E-state index is 12.1. The molecule has 0 aromatic carbocycles. The molecule has 80 valence electrons. The van der Waals surface area contributed by atoms with Crippen molar-refractivity contribution in [3.63, 3.8) is 0 Å². The van der Waals surface area contributed by atoms with Crippen LogP contribution in [0.5, 0.6) is 0 Å². The minimum atomic E-state index is -5.86. The molecule has 0 aliphatic carbocycles. The molecule has 0 amide bonds. The maximum Gasteiger partial charge on any atom is 0.379 e. The Morgan fingerprint density at radius 3 is 1.64 bits per heavy atom. The van der Waals surface area contributed by atoms with E-state index in [0.29, 0.717) is 0 Å². The minimum Gasteiger partial charge on any atom is -0.199 e. The molecule has 0 N–H and O–H groups in total. The molecular formula is C6F8. The highest BCUT2D eigenvalue weighted by molar-refractivity contribution is 5.21. The monoisotopic (exact) mass is 224 g/mol. The number of alkyl halides is 4. The van der Waals surface area contributed by atoms with Gasteiger partial charge in [-0.25, -0.2) is 0 Å². The van der Waals surface area contributed by atoms with E-state index in [2.05, 4.69) is 0 Å². The molecule has 0 bridgehead atoms. The van der Waals surface area contributed by atoms with Gasteiger partial charge in [-0.1, -0.05) is 0 Å². The van der Waals surface area contributed by atoms with Gasteiger partial charge < -0.3 is 0 Å². The Labute approximate surface area is 72.2 Å². The van der Waals surface area contributed by atoms with Crippen LogP contribution in [0.1, 0.15) is 0 Å². The third kappa shape index (κ3) is 2.16. The van der Waals surface area contributed by atoms with E-state index in [-0.39, 0.29) is 12.1 Å². The highest BCUT2D eigenvalue weighted by Gasteiger charge is 2.61. The number of halogens is 8. The molecule has 0 aromatic rings. The Kier molecular flexibility index (Phi) is 3.51. The lowest BCUT2D eigenvalue weighted by molar-refractivity contribution is -0.161. The Bertz CT molecular complexity index is 300. The van der Waals surface area contributed by atoms with Crippen LogP contribution in [0.15, 0.2) is 11.9 Å². The van der Waals surface area contributed by atoms with Crippen LogP contribution >= 0.6 is 0 Å². The zero-order valence-electron chi connectivity index (χ0n) is 6.02. The standard InChI is InChI=1S/C6F8/c7-2-1-5(11,12)6(13,14)3(8)4(9)10. The number of rotatable bonds is 2. The number of hydrogen-bond acceptors (Lipinski definition) is 0. The molecule has 0 aliphatic rings. The summed E-state index contributed by atoms with van der Waals surface area (Å²) in [6.07, 6.45) is -3.72. The molecule has 0 atom stereocenters. The van der Waals surface area contributed by atoms with E-state index in [1.54, 1.807) is 0 Å². The first kappa shape index (κ1) is 12.7. The van der Waals surface area contributed by atoms with E-state index in [4.69, 9.17) is 0 Å². The van der Waals surface area contributed by atoms with Gasteiger partial charge in [-0.15, -0.1) is 4.39 Å². The van der Waals surface area contributed by atoms with Gasteiger partial charge in [0.15, 0.2) is 0 Å². The SMILES string of the molecule is FC#CC(F)(F)C(F)(F)C(F)=C(F)F. The molecule has 0 aliphatic heterocycles. The summed E-state index contributed by atoms with van der Waals surface area (Å²) in [6.45, 7) is 0. The third-order valence-corrected chi connectivity index (χ3v) is 1.04. The van der Waals surface area contributed by atoms with E-state index in [1.165, 1.54) is 0 Å². The summed E-state index contributed by atoms with van der Waals surface area (Å²) in [5, 5.41) is 0. The molecule has 0 saturated carbocycles. The van der Waals surface area contributed by atoms with Crippen molar-refractivity contribution in [2.45, 2.75) is 11.8 Å². The predicted octanol–water partition coefficient (Wildman–Crippen LogP) is 3.26. The van der Waals surface area contributed by atoms with Crippen molar-refractivity contribution in [2.24, 2.45) is 0 Å². The Morgan fingerprint density at radius 1 is 0.929 bits per heavy atom. The van der Waals surface area contributed by atoms with E-state index in [1.807, 2.05) is 0 Å². The average molecular weight is 224 g/mol. The lowest BCUT2D eigenvalue weighted by Crippen LogP contribution is -2.40. The lowest BCUT2D eigenvalue weighted by atomic mass is 10.1. The summed E-state index contributed by atoms with van der Waals surface area (Å²) in [5.41, 5.74) is 0. The van der Waals surface area contributed by atoms with Gasteiger partial charge in [0, 0.05) is 5.92 Å². The second kappa shape index (κ2) is 3.86. The van der Waals surface area contributed by atoms with Gasteiger partial charge in [0.05, 0.1) is 0 Å². The second-order valence-corrected chi connectivity index (χ2v) is 1.94. The predicted molar refractivity (Wildman–Crippen MR) is 29.1 cm³/mol. The summed E-state index contributed by atoms with van der Waals surface area (Å²) >= 11 is 0. The zero-order valence-corrected chi connectivity index (χ0v) is 6.02. The Morgan fingerprint density at radius 2 is 1.36 bits per heavy atom. The summed E-state index contributed by atoms with van der Waals surface area (Å²) in [5.74, 6) is -15.0. The van der Waals surface area contributed by atoms with Crippen molar-refractivity contribution in [1.82, 2.24) is 0 Å². The van der Waals surface area contributed by atoms with Crippen molar-refractivity contribution < 1.29 is 35.1 Å². The third-order valence-electron chi connectivity index (χ3n) is 1.04. The topological polar surface area (TPSA) is 0 Å². The van der Waals surface area contributed by atoms with Crippen molar-refractivity contribution in [3.05, 3.63) is 11.9 Å². The van der Waals surface area contributed by atoms with E-state index < -0.39 is 23.8 Å². The zero-order chi connectivity index (χ0) is 11.6. The first-order valence-corrected chi connectivity index (χ1v) is 2.76. The fourth-order valence-electron chi connectivity index (χ4n) is 0.394. The molecular weight excluding hydrogens is 224 g/mol. The molecule has 8 heteroatoms. The smallest absolute Gasteiger partial charge is 0.199 e. The molecule has 0 fully saturated rings. The Hall–Kier alpha value is -1.26. The molecule has 0 radical (unpaired) electrons. The van der Waals surface area contributed by atoms with Crippen LogP contribution in [-0.4, -0.2) is 11.8 Å². The van der Waals surface area contributed by atoms with Gasteiger partial charge in [0.1, 0.15) is 6.17 Å². The van der Waals surface area contributed by atoms with E-state index >= 15 is 0 Å². The Balaban J connectivity index is 5.33. The normalized spacial score (nSPS) is 11.7. The minimum absolute atomic E-state index is 0.00958. The van der Waals surface area contributed by atoms with Gasteiger partial charge in [-0.3, -0.25) is 0 Å². The largest absolute Gasteiger partial charge is 0.379 e. The maximum atomic E-state index is 12.1. The highest BCUT2D eigenvalue weighted by Crippen LogP contribution is 2.41. The molecule has 0 heterocycles. The number of allylic oxidation sites excluding steroid dienone is 1. The van der Waals surface area contributed by atoms with Crippen LogP contribution < -0.4 is 0 Å². The summed E-state index contributed by atoms with van der Waals surface area (Å²) in [6, 6.07) is 0. The fraction of sp³-hybridized carbons (Fsp3) is 0.333. The molecule has 0 saturated heterocycles. The van der Waals surface area contributed by atoms with Crippen LogP contribution in [0.2, 0.25) is 0 Å². The molecule has 0 spiro atoms. The van der Waals surface area contributed by atoms with E-state index in [0.717, 1.165) is 0 Å². The number of hydrogen-bond donors (Lipinski definition) is 0. The van der Waals surface area contributed by atoms with Crippen LogP contribution in [-0.2, 0) is 0 Å². The van der Waals surface area contributed by atoms with Gasteiger partial charge >= 0.3 is 17.9 Å². The first-order chi connectivity index (χ1) is 6.16. The van der Waals surface area contributed by atoms with Crippen LogP contribution in [0, 0.1) is 12.1 Å². The van der Waals surface area contributed by atoms with Crippen LogP contribution in [0.4, 0.5) is 35.1 Å². The van der Waals surface area contributed by atoms with Crippen LogP contribution in [0.25, 0.3) is 0 Å². The summed E-state index contributed by atoms with van der Waals surface area (Å²) in [4.78, 5) is 0. The second-order valence-electron chi connectivity index (χ2n) is 1.94. The van der Waals surface area contributed by atoms with Crippen molar-refractivity contribution in [3.8, 4) is 12.1 Å².